The van der Waals surface area contributed by atoms with Crippen LogP contribution >= 0.6 is 11.3 Å². The zero-order valence-corrected chi connectivity index (χ0v) is 15.9. The monoisotopic (exact) mass is 380 g/mol. The lowest BCUT2D eigenvalue weighted by Crippen LogP contribution is -2.45. The zero-order chi connectivity index (χ0) is 18.7. The van der Waals surface area contributed by atoms with Gasteiger partial charge in [0.25, 0.3) is 5.91 Å². The number of anilines is 1. The summed E-state index contributed by atoms with van der Waals surface area (Å²) in [6.07, 6.45) is 2.63. The molecule has 0 aromatic carbocycles. The van der Waals surface area contributed by atoms with Crippen molar-refractivity contribution in [3.05, 3.63) is 15.8 Å². The molecule has 8 heteroatoms. The fraction of sp³-hybridized carbons (Fsp3) is 0.611. The van der Waals surface area contributed by atoms with Crippen molar-refractivity contribution in [2.45, 2.75) is 38.7 Å². The van der Waals surface area contributed by atoms with Gasteiger partial charge in [-0.05, 0) is 43.6 Å². The minimum Gasteiger partial charge on any atom is -0.465 e. The number of carbonyl (C=O) groups excluding carboxylic acids is 3. The van der Waals surface area contributed by atoms with Gasteiger partial charge in [0.05, 0.1) is 12.8 Å². The predicted molar refractivity (Wildman–Crippen MR) is 97.3 cm³/mol. The molecule has 0 radical (unpaired) electrons. The van der Waals surface area contributed by atoms with E-state index < -0.39 is 5.97 Å². The number of piperidine rings is 1. The molecule has 3 heterocycles. The van der Waals surface area contributed by atoms with Crippen LogP contribution in [-0.4, -0.2) is 55.6 Å². The first-order valence-electron chi connectivity index (χ1n) is 8.89. The number of methoxy groups -OCH3 is 1. The normalized spacial score (nSPS) is 20.8. The van der Waals surface area contributed by atoms with Crippen molar-refractivity contribution in [2.24, 2.45) is 5.92 Å². The molecule has 1 unspecified atom stereocenters. The van der Waals surface area contributed by atoms with Crippen molar-refractivity contribution in [1.29, 1.82) is 0 Å². The molecular formula is C18H24N2O5S. The largest absolute Gasteiger partial charge is 0.465 e. The highest BCUT2D eigenvalue weighted by Crippen LogP contribution is 2.30. The van der Waals surface area contributed by atoms with Crippen molar-refractivity contribution in [3.8, 4) is 0 Å². The molecule has 1 aromatic heterocycles. The van der Waals surface area contributed by atoms with E-state index in [2.05, 4.69) is 5.32 Å². The summed E-state index contributed by atoms with van der Waals surface area (Å²) in [6.45, 7) is 3.62. The summed E-state index contributed by atoms with van der Waals surface area (Å²) in [5.41, 5.74) is 1.37. The maximum absolute atomic E-state index is 12.6. The Balaban J connectivity index is 1.57. The molecule has 2 aliphatic heterocycles. The van der Waals surface area contributed by atoms with Gasteiger partial charge in [-0.3, -0.25) is 9.59 Å². The standard InChI is InChI=1S/C18H24N2O5S/c1-11-10-26-15(18(23)24-2)14(11)19-16(21)12-5-7-20(8-6-12)17(22)13-4-3-9-25-13/h10,12-13H,3-9H2,1-2H3,(H,19,21). The number of hydrogen-bond donors (Lipinski definition) is 1. The van der Waals surface area contributed by atoms with E-state index in [1.54, 1.807) is 4.90 Å². The number of esters is 1. The van der Waals surface area contributed by atoms with Crippen LogP contribution in [0.4, 0.5) is 5.69 Å². The zero-order valence-electron chi connectivity index (χ0n) is 15.1. The average molecular weight is 380 g/mol. The van der Waals surface area contributed by atoms with E-state index in [4.69, 9.17) is 9.47 Å². The van der Waals surface area contributed by atoms with Gasteiger partial charge in [0.15, 0.2) is 0 Å². The molecule has 0 saturated carbocycles. The number of nitrogens with one attached hydrogen (secondary N) is 1. The molecule has 1 atom stereocenters. The molecule has 0 spiro atoms. The van der Waals surface area contributed by atoms with Gasteiger partial charge in [0.1, 0.15) is 11.0 Å². The Morgan fingerprint density at radius 1 is 1.27 bits per heavy atom. The quantitative estimate of drug-likeness (QED) is 0.810. The topological polar surface area (TPSA) is 84.9 Å². The Labute approximate surface area is 156 Å². The molecule has 0 aliphatic carbocycles. The molecule has 0 bridgehead atoms. The Bertz CT molecular complexity index is 688. The molecule has 1 aromatic rings. The third-order valence-corrected chi connectivity index (χ3v) is 6.05. The van der Waals surface area contributed by atoms with Gasteiger partial charge < -0.3 is 19.7 Å². The summed E-state index contributed by atoms with van der Waals surface area (Å²) < 4.78 is 10.2. The van der Waals surface area contributed by atoms with Crippen LogP contribution in [0.2, 0.25) is 0 Å². The number of amides is 2. The SMILES string of the molecule is COC(=O)c1scc(C)c1NC(=O)C1CCN(C(=O)C2CCCO2)CC1. The van der Waals surface area contributed by atoms with E-state index in [0.29, 0.717) is 43.1 Å². The minimum atomic E-state index is -0.449. The molecule has 1 N–H and O–H groups in total. The van der Waals surface area contributed by atoms with E-state index in [1.807, 2.05) is 12.3 Å². The predicted octanol–water partition coefficient (Wildman–Crippen LogP) is 2.20. The Morgan fingerprint density at radius 3 is 2.62 bits per heavy atom. The Hall–Kier alpha value is -1.93. The van der Waals surface area contributed by atoms with Crippen LogP contribution in [0.15, 0.2) is 5.38 Å². The first-order chi connectivity index (χ1) is 12.5. The van der Waals surface area contributed by atoms with Gasteiger partial charge in [-0.2, -0.15) is 0 Å². The second-order valence-corrected chi connectivity index (χ2v) is 7.58. The second-order valence-electron chi connectivity index (χ2n) is 6.70. The summed E-state index contributed by atoms with van der Waals surface area (Å²) in [5, 5.41) is 4.71. The van der Waals surface area contributed by atoms with Crippen LogP contribution in [0.3, 0.4) is 0 Å². The molecule has 2 saturated heterocycles. The molecule has 2 amide bonds. The van der Waals surface area contributed by atoms with Gasteiger partial charge in [-0.1, -0.05) is 0 Å². The van der Waals surface area contributed by atoms with E-state index in [1.165, 1.54) is 18.4 Å². The smallest absolute Gasteiger partial charge is 0.350 e. The van der Waals surface area contributed by atoms with Crippen LogP contribution in [0.5, 0.6) is 0 Å². The second kappa shape index (κ2) is 8.18. The number of ether oxygens (including phenoxy) is 2. The Kier molecular flexibility index (Phi) is 5.93. The fourth-order valence-electron chi connectivity index (χ4n) is 3.41. The number of carbonyl (C=O) groups is 3. The summed E-state index contributed by atoms with van der Waals surface area (Å²) in [5.74, 6) is -0.687. The van der Waals surface area contributed by atoms with Gasteiger partial charge >= 0.3 is 5.97 Å². The highest BCUT2D eigenvalue weighted by Gasteiger charge is 2.33. The first kappa shape index (κ1) is 18.8. The van der Waals surface area contributed by atoms with Crippen LogP contribution in [0.25, 0.3) is 0 Å². The summed E-state index contributed by atoms with van der Waals surface area (Å²) in [4.78, 5) is 39.0. The number of hydrogen-bond acceptors (Lipinski definition) is 6. The van der Waals surface area contributed by atoms with E-state index in [9.17, 15) is 14.4 Å². The van der Waals surface area contributed by atoms with Crippen molar-refractivity contribution >= 4 is 34.8 Å². The maximum Gasteiger partial charge on any atom is 0.350 e. The van der Waals surface area contributed by atoms with Crippen LogP contribution in [0, 0.1) is 12.8 Å². The summed E-state index contributed by atoms with van der Waals surface area (Å²) in [7, 11) is 1.32. The lowest BCUT2D eigenvalue weighted by molar-refractivity contribution is -0.143. The van der Waals surface area contributed by atoms with Crippen molar-refractivity contribution in [1.82, 2.24) is 4.90 Å². The number of likely N-dealkylation sites (tertiary alicyclic amines) is 1. The van der Waals surface area contributed by atoms with Gasteiger partial charge in [0, 0.05) is 25.6 Å². The molecule has 2 fully saturated rings. The van der Waals surface area contributed by atoms with Crippen molar-refractivity contribution in [2.75, 3.05) is 32.1 Å². The minimum absolute atomic E-state index is 0.0445. The van der Waals surface area contributed by atoms with Crippen LogP contribution < -0.4 is 5.32 Å². The molecule has 142 valence electrons. The fourth-order valence-corrected chi connectivity index (χ4v) is 4.33. The number of nitrogens with zero attached hydrogens (tertiary/aromatic N) is 1. The number of rotatable bonds is 4. The highest BCUT2D eigenvalue weighted by atomic mass is 32.1. The van der Waals surface area contributed by atoms with Crippen LogP contribution in [0.1, 0.15) is 40.9 Å². The number of aryl methyl sites for hydroxylation is 1. The van der Waals surface area contributed by atoms with Gasteiger partial charge in [0.2, 0.25) is 5.91 Å². The average Bonchev–Trinajstić information content (AvgIpc) is 3.31. The molecule has 26 heavy (non-hydrogen) atoms. The van der Waals surface area contributed by atoms with Crippen LogP contribution in [-0.2, 0) is 19.1 Å². The van der Waals surface area contributed by atoms with Crippen molar-refractivity contribution in [3.63, 3.8) is 0 Å². The Morgan fingerprint density at radius 2 is 2.00 bits per heavy atom. The van der Waals surface area contributed by atoms with E-state index in [-0.39, 0.29) is 23.8 Å². The molecule has 3 rings (SSSR count). The number of thiophene rings is 1. The van der Waals surface area contributed by atoms with Gasteiger partial charge in [-0.25, -0.2) is 4.79 Å². The van der Waals surface area contributed by atoms with Gasteiger partial charge in [-0.15, -0.1) is 11.3 Å². The summed E-state index contributed by atoms with van der Waals surface area (Å²) in [6, 6.07) is 0. The highest BCUT2D eigenvalue weighted by molar-refractivity contribution is 7.12. The third kappa shape index (κ3) is 3.91. The third-order valence-electron chi connectivity index (χ3n) is 4.98. The lowest BCUT2D eigenvalue weighted by Gasteiger charge is -2.32. The molecular weight excluding hydrogens is 356 g/mol. The maximum atomic E-state index is 12.6. The lowest BCUT2D eigenvalue weighted by atomic mass is 9.95. The van der Waals surface area contributed by atoms with E-state index in [0.717, 1.165) is 18.4 Å². The molecule has 2 aliphatic rings. The van der Waals surface area contributed by atoms with E-state index >= 15 is 0 Å². The summed E-state index contributed by atoms with van der Waals surface area (Å²) >= 11 is 1.26. The van der Waals surface area contributed by atoms with Crippen molar-refractivity contribution < 1.29 is 23.9 Å². The molecule has 7 nitrogen and oxygen atoms in total. The first-order valence-corrected chi connectivity index (χ1v) is 9.77.